The highest BCUT2D eigenvalue weighted by Crippen LogP contribution is 2.28. The van der Waals surface area contributed by atoms with Gasteiger partial charge in [-0.3, -0.25) is 0 Å². The third kappa shape index (κ3) is 3.72. The summed E-state index contributed by atoms with van der Waals surface area (Å²) in [5, 5.41) is 3.52. The van der Waals surface area contributed by atoms with Gasteiger partial charge in [-0.2, -0.15) is 0 Å². The molecule has 3 nitrogen and oxygen atoms in total. The average molecular weight is 281 g/mol. The van der Waals surface area contributed by atoms with Crippen molar-refractivity contribution in [2.24, 2.45) is 5.92 Å². The highest BCUT2D eigenvalue weighted by molar-refractivity contribution is 7.90. The number of sulfone groups is 1. The van der Waals surface area contributed by atoms with E-state index in [1.54, 1.807) is 12.1 Å². The van der Waals surface area contributed by atoms with Crippen molar-refractivity contribution in [3.63, 3.8) is 0 Å². The summed E-state index contributed by atoms with van der Waals surface area (Å²) in [6.07, 6.45) is 6.10. The normalized spacial score (nSPS) is 24.2. The Kier molecular flexibility index (Phi) is 4.19. The van der Waals surface area contributed by atoms with Crippen molar-refractivity contribution < 1.29 is 8.42 Å². The SMILES string of the molecule is Cc1ccc(S(C)(=O)=O)cc1NC1CCC(C)CC1. The van der Waals surface area contributed by atoms with E-state index in [1.165, 1.54) is 31.9 Å². The number of anilines is 1. The fourth-order valence-corrected chi connectivity index (χ4v) is 3.26. The van der Waals surface area contributed by atoms with Crippen LogP contribution in [0.4, 0.5) is 5.69 Å². The molecule has 1 aliphatic rings. The highest BCUT2D eigenvalue weighted by Gasteiger charge is 2.19. The predicted molar refractivity (Wildman–Crippen MR) is 79.3 cm³/mol. The lowest BCUT2D eigenvalue weighted by atomic mass is 9.87. The van der Waals surface area contributed by atoms with E-state index >= 15 is 0 Å². The number of nitrogens with one attached hydrogen (secondary N) is 1. The molecule has 1 fully saturated rings. The van der Waals surface area contributed by atoms with E-state index in [-0.39, 0.29) is 0 Å². The van der Waals surface area contributed by atoms with Crippen LogP contribution in [0.3, 0.4) is 0 Å². The predicted octanol–water partition coefficient (Wildman–Crippen LogP) is 3.39. The molecule has 0 aromatic heterocycles. The Labute approximate surface area is 116 Å². The van der Waals surface area contributed by atoms with Gasteiger partial charge in [0.05, 0.1) is 4.90 Å². The molecular formula is C15H23NO2S. The van der Waals surface area contributed by atoms with Crippen LogP contribution in [0.5, 0.6) is 0 Å². The first-order valence-corrected chi connectivity index (χ1v) is 8.82. The lowest BCUT2D eigenvalue weighted by molar-refractivity contribution is 0.361. The third-order valence-electron chi connectivity index (χ3n) is 4.01. The topological polar surface area (TPSA) is 46.2 Å². The van der Waals surface area contributed by atoms with Gasteiger partial charge in [0.1, 0.15) is 0 Å². The van der Waals surface area contributed by atoms with Gasteiger partial charge in [-0.1, -0.05) is 13.0 Å². The first-order valence-electron chi connectivity index (χ1n) is 6.93. The van der Waals surface area contributed by atoms with Gasteiger partial charge in [0, 0.05) is 18.0 Å². The van der Waals surface area contributed by atoms with E-state index in [4.69, 9.17) is 0 Å². The molecule has 1 aliphatic carbocycles. The van der Waals surface area contributed by atoms with Crippen molar-refractivity contribution in [3.05, 3.63) is 23.8 Å². The standard InChI is InChI=1S/C15H23NO2S/c1-11-4-7-13(8-5-11)16-15-10-14(19(3,17)18)9-6-12(15)2/h6,9-11,13,16H,4-5,7-8H2,1-3H3. The van der Waals surface area contributed by atoms with Crippen LogP contribution in [0.1, 0.15) is 38.2 Å². The van der Waals surface area contributed by atoms with E-state index in [9.17, 15) is 8.42 Å². The quantitative estimate of drug-likeness (QED) is 0.923. The molecule has 2 rings (SSSR count). The van der Waals surface area contributed by atoms with Gasteiger partial charge in [0.15, 0.2) is 9.84 Å². The van der Waals surface area contributed by atoms with Gasteiger partial charge < -0.3 is 5.32 Å². The lowest BCUT2D eigenvalue weighted by Crippen LogP contribution is -2.25. The Balaban J connectivity index is 2.16. The third-order valence-corrected chi connectivity index (χ3v) is 5.12. The minimum absolute atomic E-state index is 0.393. The number of hydrogen-bond acceptors (Lipinski definition) is 3. The highest BCUT2D eigenvalue weighted by atomic mass is 32.2. The fraction of sp³-hybridized carbons (Fsp3) is 0.600. The summed E-state index contributed by atoms with van der Waals surface area (Å²) in [7, 11) is -3.13. The van der Waals surface area contributed by atoms with E-state index < -0.39 is 9.84 Å². The maximum Gasteiger partial charge on any atom is 0.175 e. The molecule has 1 aromatic rings. The summed E-state index contributed by atoms with van der Waals surface area (Å²) >= 11 is 0. The second-order valence-electron chi connectivity index (χ2n) is 5.85. The monoisotopic (exact) mass is 281 g/mol. The van der Waals surface area contributed by atoms with Crippen LogP contribution in [-0.4, -0.2) is 20.7 Å². The van der Waals surface area contributed by atoms with Gasteiger partial charge in [0.25, 0.3) is 0 Å². The minimum Gasteiger partial charge on any atom is -0.382 e. The van der Waals surface area contributed by atoms with Crippen LogP contribution in [-0.2, 0) is 9.84 Å². The first-order chi connectivity index (χ1) is 8.86. The summed E-state index contributed by atoms with van der Waals surface area (Å²) in [4.78, 5) is 0.393. The van der Waals surface area contributed by atoms with E-state index in [1.807, 2.05) is 13.0 Å². The Hall–Kier alpha value is -1.03. The van der Waals surface area contributed by atoms with Crippen LogP contribution in [0.2, 0.25) is 0 Å². The molecule has 1 saturated carbocycles. The van der Waals surface area contributed by atoms with Crippen molar-refractivity contribution in [1.82, 2.24) is 0 Å². The molecule has 0 atom stereocenters. The summed E-state index contributed by atoms with van der Waals surface area (Å²) in [5.41, 5.74) is 2.06. The smallest absolute Gasteiger partial charge is 0.175 e. The molecule has 4 heteroatoms. The minimum atomic E-state index is -3.13. The number of rotatable bonds is 3. The van der Waals surface area contributed by atoms with E-state index in [0.29, 0.717) is 10.9 Å². The summed E-state index contributed by atoms with van der Waals surface area (Å²) in [6, 6.07) is 5.80. The summed E-state index contributed by atoms with van der Waals surface area (Å²) in [6.45, 7) is 4.31. The van der Waals surface area contributed by atoms with Gasteiger partial charge in [-0.25, -0.2) is 8.42 Å². The zero-order valence-electron chi connectivity index (χ0n) is 11.9. The average Bonchev–Trinajstić information content (AvgIpc) is 2.33. The lowest BCUT2D eigenvalue weighted by Gasteiger charge is -2.28. The molecule has 0 aliphatic heterocycles. The second-order valence-corrected chi connectivity index (χ2v) is 7.87. The molecule has 0 radical (unpaired) electrons. The molecule has 0 heterocycles. The Morgan fingerprint density at radius 3 is 2.37 bits per heavy atom. The van der Waals surface area contributed by atoms with Gasteiger partial charge in [0.2, 0.25) is 0 Å². The van der Waals surface area contributed by atoms with Gasteiger partial charge in [-0.15, -0.1) is 0 Å². The maximum absolute atomic E-state index is 11.6. The van der Waals surface area contributed by atoms with Crippen LogP contribution in [0.25, 0.3) is 0 Å². The van der Waals surface area contributed by atoms with Crippen LogP contribution >= 0.6 is 0 Å². The Morgan fingerprint density at radius 2 is 1.79 bits per heavy atom. The second kappa shape index (κ2) is 5.53. The van der Waals surface area contributed by atoms with Crippen LogP contribution in [0, 0.1) is 12.8 Å². The van der Waals surface area contributed by atoms with Crippen molar-refractivity contribution in [1.29, 1.82) is 0 Å². The maximum atomic E-state index is 11.6. The van der Waals surface area contributed by atoms with Crippen molar-refractivity contribution in [3.8, 4) is 0 Å². The summed E-state index contributed by atoms with van der Waals surface area (Å²) < 4.78 is 23.2. The molecule has 0 unspecified atom stereocenters. The van der Waals surface area contributed by atoms with Crippen LogP contribution in [0.15, 0.2) is 23.1 Å². The zero-order chi connectivity index (χ0) is 14.0. The largest absolute Gasteiger partial charge is 0.382 e. The van der Waals surface area contributed by atoms with Crippen molar-refractivity contribution >= 4 is 15.5 Å². The Morgan fingerprint density at radius 1 is 1.16 bits per heavy atom. The molecule has 1 N–H and O–H groups in total. The zero-order valence-corrected chi connectivity index (χ0v) is 12.8. The molecule has 0 spiro atoms. The van der Waals surface area contributed by atoms with Crippen LogP contribution < -0.4 is 5.32 Å². The molecule has 19 heavy (non-hydrogen) atoms. The van der Waals surface area contributed by atoms with E-state index in [2.05, 4.69) is 12.2 Å². The van der Waals surface area contributed by atoms with Gasteiger partial charge >= 0.3 is 0 Å². The number of hydrogen-bond donors (Lipinski definition) is 1. The number of aryl methyl sites for hydroxylation is 1. The molecule has 0 amide bonds. The van der Waals surface area contributed by atoms with Crippen molar-refractivity contribution in [2.45, 2.75) is 50.5 Å². The molecule has 0 saturated heterocycles. The van der Waals surface area contributed by atoms with Crippen molar-refractivity contribution in [2.75, 3.05) is 11.6 Å². The fourth-order valence-electron chi connectivity index (χ4n) is 2.61. The molecule has 0 bridgehead atoms. The molecule has 1 aromatic carbocycles. The molecular weight excluding hydrogens is 258 g/mol. The molecule has 106 valence electrons. The van der Waals surface area contributed by atoms with Gasteiger partial charge in [-0.05, 0) is 56.2 Å². The number of benzene rings is 1. The van der Waals surface area contributed by atoms with E-state index in [0.717, 1.165) is 17.2 Å². The summed E-state index contributed by atoms with van der Waals surface area (Å²) in [5.74, 6) is 0.821. The first kappa shape index (κ1) is 14.4. The Bertz CT molecular complexity index is 543.